The van der Waals surface area contributed by atoms with Crippen molar-refractivity contribution in [1.82, 2.24) is 10.2 Å². The number of aromatic carboxylic acids is 1. The van der Waals surface area contributed by atoms with Crippen LogP contribution in [-0.4, -0.2) is 33.8 Å². The summed E-state index contributed by atoms with van der Waals surface area (Å²) in [6.45, 7) is -0.141. The van der Waals surface area contributed by atoms with Gasteiger partial charge in [0.1, 0.15) is 0 Å². The van der Waals surface area contributed by atoms with Crippen molar-refractivity contribution in [3.05, 3.63) is 35.4 Å². The first-order chi connectivity index (χ1) is 8.49. The standard InChI is InChI=1S/C11H8N2O5/c14-8-9(15)13(11(18)12-8)5-6-2-1-3-7(4-6)10(16)17/h1-4H,5H2,(H,16,17)(H,12,14,18). The number of nitrogens with zero attached hydrogens (tertiary/aromatic N) is 1. The van der Waals surface area contributed by atoms with Gasteiger partial charge in [-0.05, 0) is 17.7 Å². The van der Waals surface area contributed by atoms with E-state index in [9.17, 15) is 19.2 Å². The van der Waals surface area contributed by atoms with E-state index in [0.717, 1.165) is 4.90 Å². The summed E-state index contributed by atoms with van der Waals surface area (Å²) in [6, 6.07) is 4.99. The molecule has 18 heavy (non-hydrogen) atoms. The Hall–Kier alpha value is -2.70. The van der Waals surface area contributed by atoms with Gasteiger partial charge in [-0.15, -0.1) is 0 Å². The van der Waals surface area contributed by atoms with E-state index in [0.29, 0.717) is 5.56 Å². The van der Waals surface area contributed by atoms with Gasteiger partial charge in [-0.1, -0.05) is 12.1 Å². The van der Waals surface area contributed by atoms with Crippen molar-refractivity contribution >= 4 is 23.8 Å². The number of carbonyl (C=O) groups is 4. The molecule has 2 rings (SSSR count). The average Bonchev–Trinajstić information content (AvgIpc) is 2.56. The second-order valence-corrected chi connectivity index (χ2v) is 3.66. The van der Waals surface area contributed by atoms with E-state index in [1.807, 2.05) is 5.32 Å². The van der Waals surface area contributed by atoms with E-state index in [2.05, 4.69) is 0 Å². The number of imide groups is 2. The minimum absolute atomic E-state index is 0.0471. The number of hydrogen-bond donors (Lipinski definition) is 2. The van der Waals surface area contributed by atoms with Gasteiger partial charge in [-0.25, -0.2) is 9.59 Å². The molecule has 0 aromatic heterocycles. The third kappa shape index (κ3) is 2.05. The molecular weight excluding hydrogens is 240 g/mol. The van der Waals surface area contributed by atoms with Crippen molar-refractivity contribution in [3.8, 4) is 0 Å². The Kier molecular flexibility index (Phi) is 2.80. The predicted octanol–water partition coefficient (Wildman–Crippen LogP) is -0.0368. The normalized spacial score (nSPS) is 14.9. The van der Waals surface area contributed by atoms with Crippen molar-refractivity contribution in [2.75, 3.05) is 0 Å². The molecule has 2 N–H and O–H groups in total. The minimum Gasteiger partial charge on any atom is -0.478 e. The van der Waals surface area contributed by atoms with Crippen LogP contribution in [0.4, 0.5) is 4.79 Å². The minimum atomic E-state index is -1.11. The summed E-state index contributed by atoms with van der Waals surface area (Å²) < 4.78 is 0. The molecule has 7 nitrogen and oxygen atoms in total. The summed E-state index contributed by atoms with van der Waals surface area (Å²) in [5.41, 5.74) is 0.499. The fourth-order valence-electron chi connectivity index (χ4n) is 1.56. The molecule has 1 aromatic rings. The van der Waals surface area contributed by atoms with Crippen LogP contribution in [-0.2, 0) is 16.1 Å². The van der Waals surface area contributed by atoms with E-state index >= 15 is 0 Å². The van der Waals surface area contributed by atoms with Gasteiger partial charge < -0.3 is 5.11 Å². The van der Waals surface area contributed by atoms with Crippen LogP contribution in [0.5, 0.6) is 0 Å². The molecule has 0 spiro atoms. The fraction of sp³-hybridized carbons (Fsp3) is 0.0909. The fourth-order valence-corrected chi connectivity index (χ4v) is 1.56. The van der Waals surface area contributed by atoms with Crippen LogP contribution in [0.25, 0.3) is 0 Å². The molecule has 1 aliphatic rings. The Bertz CT molecular complexity index is 566. The number of carboxylic acid groups (broad SMARTS) is 1. The van der Waals surface area contributed by atoms with Crippen LogP contribution in [0.15, 0.2) is 24.3 Å². The summed E-state index contributed by atoms with van der Waals surface area (Å²) in [4.78, 5) is 45.0. The third-order valence-electron chi connectivity index (χ3n) is 2.42. The quantitative estimate of drug-likeness (QED) is 0.577. The highest BCUT2D eigenvalue weighted by Crippen LogP contribution is 2.11. The Balaban J connectivity index is 2.22. The molecule has 7 heteroatoms. The Labute approximate surface area is 101 Å². The summed E-state index contributed by atoms with van der Waals surface area (Å²) in [5, 5.41) is 10.7. The number of urea groups is 1. The summed E-state index contributed by atoms with van der Waals surface area (Å²) in [7, 11) is 0. The smallest absolute Gasteiger partial charge is 0.335 e. The second-order valence-electron chi connectivity index (χ2n) is 3.66. The highest BCUT2D eigenvalue weighted by molar-refractivity contribution is 6.44. The van der Waals surface area contributed by atoms with Gasteiger partial charge in [-0.3, -0.25) is 19.8 Å². The van der Waals surface area contributed by atoms with E-state index in [1.165, 1.54) is 18.2 Å². The van der Waals surface area contributed by atoms with Crippen molar-refractivity contribution < 1.29 is 24.3 Å². The molecule has 0 saturated carbocycles. The van der Waals surface area contributed by atoms with Gasteiger partial charge in [0.25, 0.3) is 0 Å². The molecule has 0 atom stereocenters. The highest BCUT2D eigenvalue weighted by atomic mass is 16.4. The second kappa shape index (κ2) is 4.28. The lowest BCUT2D eigenvalue weighted by atomic mass is 10.1. The average molecular weight is 248 g/mol. The highest BCUT2D eigenvalue weighted by Gasteiger charge is 2.36. The lowest BCUT2D eigenvalue weighted by Gasteiger charge is -2.11. The monoisotopic (exact) mass is 248 g/mol. The molecule has 0 radical (unpaired) electrons. The maximum Gasteiger partial charge on any atom is 0.335 e. The molecule has 0 unspecified atom stereocenters. The van der Waals surface area contributed by atoms with Gasteiger partial charge in [0.15, 0.2) is 0 Å². The zero-order valence-electron chi connectivity index (χ0n) is 9.04. The number of carbonyl (C=O) groups excluding carboxylic acids is 3. The first kappa shape index (κ1) is 11.8. The molecule has 0 bridgehead atoms. The van der Waals surface area contributed by atoms with Crippen molar-refractivity contribution in [1.29, 1.82) is 0 Å². The third-order valence-corrected chi connectivity index (χ3v) is 2.42. The van der Waals surface area contributed by atoms with Crippen LogP contribution >= 0.6 is 0 Å². The predicted molar refractivity (Wildman–Crippen MR) is 57.5 cm³/mol. The summed E-state index contributed by atoms with van der Waals surface area (Å²) >= 11 is 0. The van der Waals surface area contributed by atoms with Crippen LogP contribution < -0.4 is 5.32 Å². The summed E-state index contributed by atoms with van der Waals surface area (Å²) in [5.74, 6) is -3.03. The van der Waals surface area contributed by atoms with Gasteiger partial charge in [0.2, 0.25) is 0 Å². The molecular formula is C11H8N2O5. The van der Waals surface area contributed by atoms with Gasteiger partial charge in [0.05, 0.1) is 12.1 Å². The van der Waals surface area contributed by atoms with Gasteiger partial charge in [0, 0.05) is 0 Å². The lowest BCUT2D eigenvalue weighted by Crippen LogP contribution is -2.30. The molecule has 1 aliphatic heterocycles. The molecule has 0 aliphatic carbocycles. The zero-order chi connectivity index (χ0) is 13.3. The van der Waals surface area contributed by atoms with Crippen LogP contribution in [0.3, 0.4) is 0 Å². The molecule has 1 saturated heterocycles. The Morgan fingerprint density at radius 3 is 2.56 bits per heavy atom. The van der Waals surface area contributed by atoms with E-state index in [1.54, 1.807) is 6.07 Å². The largest absolute Gasteiger partial charge is 0.478 e. The van der Waals surface area contributed by atoms with E-state index in [-0.39, 0.29) is 12.1 Å². The van der Waals surface area contributed by atoms with Crippen molar-refractivity contribution in [3.63, 3.8) is 0 Å². The number of amides is 4. The topological polar surface area (TPSA) is 104 Å². The molecule has 1 heterocycles. The first-order valence-corrected chi connectivity index (χ1v) is 4.98. The maximum absolute atomic E-state index is 11.3. The van der Waals surface area contributed by atoms with Gasteiger partial charge in [-0.2, -0.15) is 0 Å². The van der Waals surface area contributed by atoms with Crippen molar-refractivity contribution in [2.45, 2.75) is 6.54 Å². The Morgan fingerprint density at radius 2 is 2.00 bits per heavy atom. The summed E-state index contributed by atoms with van der Waals surface area (Å²) in [6.07, 6.45) is 0. The first-order valence-electron chi connectivity index (χ1n) is 4.98. The molecule has 4 amide bonds. The SMILES string of the molecule is O=C1NC(=O)N(Cc2cccc(C(=O)O)c2)C1=O. The van der Waals surface area contributed by atoms with E-state index in [4.69, 9.17) is 5.11 Å². The number of nitrogens with one attached hydrogen (secondary N) is 1. The van der Waals surface area contributed by atoms with Gasteiger partial charge >= 0.3 is 23.8 Å². The maximum atomic E-state index is 11.3. The Morgan fingerprint density at radius 1 is 1.28 bits per heavy atom. The lowest BCUT2D eigenvalue weighted by molar-refractivity contribution is -0.140. The number of rotatable bonds is 3. The van der Waals surface area contributed by atoms with Crippen LogP contribution in [0, 0.1) is 0 Å². The van der Waals surface area contributed by atoms with Crippen LogP contribution in [0.1, 0.15) is 15.9 Å². The number of hydrogen-bond acceptors (Lipinski definition) is 4. The van der Waals surface area contributed by atoms with E-state index < -0.39 is 23.8 Å². The molecule has 92 valence electrons. The molecule has 1 aromatic carbocycles. The zero-order valence-corrected chi connectivity index (χ0v) is 9.04. The number of benzene rings is 1. The van der Waals surface area contributed by atoms with Crippen molar-refractivity contribution in [2.24, 2.45) is 0 Å². The molecule has 1 fully saturated rings. The van der Waals surface area contributed by atoms with Crippen LogP contribution in [0.2, 0.25) is 0 Å². The number of carboxylic acids is 1.